The summed E-state index contributed by atoms with van der Waals surface area (Å²) in [6, 6.07) is 5.77. The van der Waals surface area contributed by atoms with Gasteiger partial charge < -0.3 is 0 Å². The van der Waals surface area contributed by atoms with Gasteiger partial charge in [0.05, 0.1) is 5.02 Å². The van der Waals surface area contributed by atoms with E-state index in [0.717, 1.165) is 6.20 Å². The molecule has 5 nitrogen and oxygen atoms in total. The Kier molecular flexibility index (Phi) is 4.62. The summed E-state index contributed by atoms with van der Waals surface area (Å²) in [6.45, 7) is 3.15. The second-order valence-electron chi connectivity index (χ2n) is 2.76. The van der Waals surface area contributed by atoms with Gasteiger partial charge in [0.2, 0.25) is 0 Å². The molecule has 0 aliphatic carbocycles. The van der Waals surface area contributed by atoms with E-state index in [0.29, 0.717) is 0 Å². The highest BCUT2D eigenvalue weighted by Gasteiger charge is 2.17. The number of benzene rings is 1. The van der Waals surface area contributed by atoms with Crippen LogP contribution < -0.4 is 10.3 Å². The van der Waals surface area contributed by atoms with Crippen molar-refractivity contribution in [3.63, 3.8) is 0 Å². The number of hydrogen-bond donors (Lipinski definition) is 2. The Balaban J connectivity index is 2.87. The lowest BCUT2D eigenvalue weighted by Crippen LogP contribution is -2.39. The van der Waals surface area contributed by atoms with Gasteiger partial charge in [0.15, 0.2) is 0 Å². The molecular weight excluding hydrogens is 269 g/mol. The number of amidine groups is 1. The van der Waals surface area contributed by atoms with Gasteiger partial charge in [-0.05, 0) is 12.1 Å². The first kappa shape index (κ1) is 13.6. The van der Waals surface area contributed by atoms with E-state index >= 15 is 0 Å². The van der Waals surface area contributed by atoms with Crippen LogP contribution in [0.25, 0.3) is 0 Å². The van der Waals surface area contributed by atoms with Crippen LogP contribution in [-0.4, -0.2) is 14.5 Å². The molecule has 1 rings (SSSR count). The van der Waals surface area contributed by atoms with Crippen LogP contribution >= 0.6 is 11.6 Å². The zero-order valence-electron chi connectivity index (χ0n) is 8.52. The van der Waals surface area contributed by atoms with Gasteiger partial charge in [0.25, 0.3) is 16.1 Å². The second kappa shape index (κ2) is 5.76. The van der Waals surface area contributed by atoms with Gasteiger partial charge in [0.1, 0.15) is 4.90 Å². The van der Waals surface area contributed by atoms with Crippen molar-refractivity contribution in [1.82, 2.24) is 10.3 Å². The molecule has 92 valence electrons. The molecule has 2 N–H and O–H groups in total. The minimum atomic E-state index is -3.95. The second-order valence-corrected chi connectivity index (χ2v) is 4.82. The molecular formula is C9H9ClFN3O2S. The Morgan fingerprint density at radius 3 is 2.71 bits per heavy atom. The Morgan fingerprint density at radius 1 is 1.47 bits per heavy atom. The predicted molar refractivity (Wildman–Crippen MR) is 63.6 cm³/mol. The molecule has 0 radical (unpaired) electrons. The summed E-state index contributed by atoms with van der Waals surface area (Å²) in [5.41, 5.74) is 1.76. The number of hydrogen-bond acceptors (Lipinski definition) is 3. The highest BCUT2D eigenvalue weighted by molar-refractivity contribution is 7.89. The molecule has 0 aliphatic heterocycles. The topological polar surface area (TPSA) is 70.6 Å². The molecule has 8 heteroatoms. The third-order valence-electron chi connectivity index (χ3n) is 1.62. The highest BCUT2D eigenvalue weighted by atomic mass is 35.5. The van der Waals surface area contributed by atoms with Crippen molar-refractivity contribution in [2.24, 2.45) is 4.99 Å². The summed E-state index contributed by atoms with van der Waals surface area (Å²) in [5, 5.41) is 0.0304. The number of rotatable bonds is 4. The number of nitrogens with one attached hydrogen (secondary N) is 2. The number of hydrazine groups is 1. The number of sulfonamides is 1. The molecule has 0 aliphatic rings. The lowest BCUT2D eigenvalue weighted by molar-refractivity contribution is 0.570. The van der Waals surface area contributed by atoms with Crippen molar-refractivity contribution in [3.8, 4) is 0 Å². The Labute approximate surface area is 103 Å². The summed E-state index contributed by atoms with van der Waals surface area (Å²) in [5.74, 6) is 0. The van der Waals surface area contributed by atoms with Crippen molar-refractivity contribution in [2.45, 2.75) is 4.90 Å². The van der Waals surface area contributed by atoms with Gasteiger partial charge in [-0.15, -0.1) is 4.83 Å². The number of aliphatic imine (C=N–C) groups is 1. The largest absolute Gasteiger partial charge is 0.297 e. The van der Waals surface area contributed by atoms with Crippen LogP contribution in [0.4, 0.5) is 4.39 Å². The minimum Gasteiger partial charge on any atom is -0.267 e. The molecule has 0 saturated carbocycles. The fourth-order valence-corrected chi connectivity index (χ4v) is 2.29. The van der Waals surface area contributed by atoms with E-state index in [1.807, 2.05) is 0 Å². The van der Waals surface area contributed by atoms with Crippen LogP contribution in [0.1, 0.15) is 0 Å². The number of nitrogens with zero attached hydrogens (tertiary/aromatic N) is 1. The van der Waals surface area contributed by atoms with E-state index in [9.17, 15) is 12.8 Å². The van der Waals surface area contributed by atoms with E-state index in [1.54, 1.807) is 16.3 Å². The van der Waals surface area contributed by atoms with E-state index in [2.05, 4.69) is 11.6 Å². The van der Waals surface area contributed by atoms with Crippen LogP contribution in [0.3, 0.4) is 0 Å². The summed E-state index contributed by atoms with van der Waals surface area (Å²) in [6.07, 6.45) is -0.206. The molecule has 0 atom stereocenters. The van der Waals surface area contributed by atoms with Crippen LogP contribution in [0, 0.1) is 0 Å². The van der Waals surface area contributed by atoms with E-state index < -0.39 is 16.1 Å². The zero-order valence-corrected chi connectivity index (χ0v) is 10.1. The first-order valence-corrected chi connectivity index (χ1v) is 6.20. The van der Waals surface area contributed by atoms with Gasteiger partial charge in [-0.25, -0.2) is 13.4 Å². The monoisotopic (exact) mass is 277 g/mol. The van der Waals surface area contributed by atoms with Crippen molar-refractivity contribution < 1.29 is 12.8 Å². The van der Waals surface area contributed by atoms with Crippen LogP contribution in [0.5, 0.6) is 0 Å². The van der Waals surface area contributed by atoms with Gasteiger partial charge in [-0.2, -0.15) is 4.39 Å². The average molecular weight is 278 g/mol. The summed E-state index contributed by atoms with van der Waals surface area (Å²) < 4.78 is 36.1. The van der Waals surface area contributed by atoms with Gasteiger partial charge in [-0.3, -0.25) is 5.43 Å². The van der Waals surface area contributed by atoms with Crippen LogP contribution in [-0.2, 0) is 10.0 Å². The van der Waals surface area contributed by atoms with Crippen molar-refractivity contribution in [1.29, 1.82) is 0 Å². The van der Waals surface area contributed by atoms with E-state index in [4.69, 9.17) is 11.6 Å². The maximum absolute atomic E-state index is 12.8. The first-order chi connectivity index (χ1) is 7.97. The summed E-state index contributed by atoms with van der Waals surface area (Å²) >= 11 is 5.70. The quantitative estimate of drug-likeness (QED) is 0.380. The first-order valence-electron chi connectivity index (χ1n) is 4.34. The van der Waals surface area contributed by atoms with Gasteiger partial charge in [0, 0.05) is 6.20 Å². The molecule has 1 aromatic rings. The third-order valence-corrected chi connectivity index (χ3v) is 3.37. The molecule has 0 saturated heterocycles. The Bertz CT molecular complexity index is 545. The van der Waals surface area contributed by atoms with E-state index in [-0.39, 0.29) is 9.92 Å². The predicted octanol–water partition coefficient (Wildman–Crippen LogP) is 1.59. The normalized spacial score (nSPS) is 12.2. The fraction of sp³-hybridized carbons (Fsp3) is 0. The molecule has 0 unspecified atom stereocenters. The molecule has 17 heavy (non-hydrogen) atoms. The summed E-state index contributed by atoms with van der Waals surface area (Å²) in [7, 11) is -3.95. The molecule has 0 aromatic heterocycles. The summed E-state index contributed by atoms with van der Waals surface area (Å²) in [4.78, 5) is 4.71. The highest BCUT2D eigenvalue weighted by Crippen LogP contribution is 2.19. The molecule has 0 fully saturated rings. The molecule has 1 aromatic carbocycles. The Hall–Kier alpha value is -1.44. The lowest BCUT2D eigenvalue weighted by atomic mass is 10.4. The molecule has 0 heterocycles. The van der Waals surface area contributed by atoms with Crippen molar-refractivity contribution in [2.75, 3.05) is 0 Å². The van der Waals surface area contributed by atoms with Crippen LogP contribution in [0.2, 0.25) is 5.02 Å². The third kappa shape index (κ3) is 3.81. The minimum absolute atomic E-state index is 0.0304. The van der Waals surface area contributed by atoms with Gasteiger partial charge >= 0.3 is 0 Å². The van der Waals surface area contributed by atoms with E-state index in [1.165, 1.54) is 18.2 Å². The lowest BCUT2D eigenvalue weighted by Gasteiger charge is -2.07. The molecule has 0 spiro atoms. The average Bonchev–Trinajstić information content (AvgIpc) is 2.27. The number of halogens is 2. The Morgan fingerprint density at radius 2 is 2.12 bits per heavy atom. The smallest absolute Gasteiger partial charge is 0.267 e. The standard InChI is InChI=1S/C9H9ClFN3O2S/c1-2-12-9(11)13-14-17(15,16)8-6-4-3-5-7(8)10/h2-6,14H,1H2,(H,12,13). The SMILES string of the molecule is C=C/N=C(/F)NNS(=O)(=O)c1ccccc1Cl. The van der Waals surface area contributed by atoms with Crippen molar-refractivity contribution in [3.05, 3.63) is 42.1 Å². The molecule has 0 amide bonds. The fourth-order valence-electron chi connectivity index (χ4n) is 0.939. The maximum Gasteiger partial charge on any atom is 0.297 e. The maximum atomic E-state index is 12.8. The zero-order chi connectivity index (χ0) is 12.9. The van der Waals surface area contributed by atoms with Gasteiger partial charge in [-0.1, -0.05) is 30.3 Å². The van der Waals surface area contributed by atoms with Crippen LogP contribution in [0.15, 0.2) is 46.9 Å². The molecule has 0 bridgehead atoms. The van der Waals surface area contributed by atoms with Crippen molar-refractivity contribution >= 4 is 27.7 Å².